The molecule has 0 aliphatic heterocycles. The van der Waals surface area contributed by atoms with E-state index in [1.807, 2.05) is 0 Å². The summed E-state index contributed by atoms with van der Waals surface area (Å²) < 4.78 is 18.1. The first kappa shape index (κ1) is 17.0. The Morgan fingerprint density at radius 1 is 1.28 bits per heavy atom. The number of amides is 1. The Morgan fingerprint density at radius 3 is 2.64 bits per heavy atom. The van der Waals surface area contributed by atoms with Crippen LogP contribution in [0.4, 0.5) is 4.39 Å². The molecule has 1 aromatic carbocycles. The molecule has 6 nitrogen and oxygen atoms in total. The molecule has 0 saturated heterocycles. The maximum atomic E-state index is 13.0. The molecule has 2 unspecified atom stereocenters. The molecule has 0 fully saturated rings. The van der Waals surface area contributed by atoms with Crippen molar-refractivity contribution in [3.8, 4) is 0 Å². The largest absolute Gasteiger partial charge is 0.386 e. The van der Waals surface area contributed by atoms with Crippen molar-refractivity contribution < 1.29 is 18.8 Å². The summed E-state index contributed by atoms with van der Waals surface area (Å²) in [6.07, 6.45) is -0.966. The number of carbonyl (C=O) groups excluding carboxylic acids is 1. The van der Waals surface area contributed by atoms with Gasteiger partial charge in [0.25, 0.3) is 11.6 Å². The van der Waals surface area contributed by atoms with Crippen LogP contribution in [0, 0.1) is 19.7 Å². The SMILES string of the molecule is Cc1cc(C(=O)NC(C)C(O)c2ccc(F)cc2)c2c(C)noc2n1. The van der Waals surface area contributed by atoms with Crippen LogP contribution in [0.25, 0.3) is 11.1 Å². The summed E-state index contributed by atoms with van der Waals surface area (Å²) in [5.74, 6) is -0.749. The van der Waals surface area contributed by atoms with E-state index in [1.54, 1.807) is 26.8 Å². The predicted octanol–water partition coefficient (Wildman–Crippen LogP) is 2.83. The summed E-state index contributed by atoms with van der Waals surface area (Å²) in [5.41, 5.74) is 2.40. The van der Waals surface area contributed by atoms with Gasteiger partial charge < -0.3 is 14.9 Å². The number of hydrogen-bond acceptors (Lipinski definition) is 5. The lowest BCUT2D eigenvalue weighted by Crippen LogP contribution is -2.37. The van der Waals surface area contributed by atoms with E-state index in [2.05, 4.69) is 15.5 Å². The number of nitrogens with zero attached hydrogens (tertiary/aromatic N) is 2. The summed E-state index contributed by atoms with van der Waals surface area (Å²) in [6, 6.07) is 6.58. The fourth-order valence-corrected chi connectivity index (χ4v) is 2.71. The van der Waals surface area contributed by atoms with Crippen LogP contribution < -0.4 is 5.32 Å². The third kappa shape index (κ3) is 3.36. The first-order chi connectivity index (χ1) is 11.9. The van der Waals surface area contributed by atoms with Crippen LogP contribution in [0.3, 0.4) is 0 Å². The Labute approximate surface area is 143 Å². The van der Waals surface area contributed by atoms with Gasteiger partial charge in [-0.05, 0) is 44.5 Å². The normalized spacial score (nSPS) is 13.6. The minimum Gasteiger partial charge on any atom is -0.386 e. The molecule has 0 radical (unpaired) electrons. The second kappa shape index (κ2) is 6.60. The summed E-state index contributed by atoms with van der Waals surface area (Å²) in [4.78, 5) is 16.9. The zero-order valence-corrected chi connectivity index (χ0v) is 14.1. The Hall–Kier alpha value is -2.80. The van der Waals surface area contributed by atoms with Crippen LogP contribution in [0.2, 0.25) is 0 Å². The first-order valence-corrected chi connectivity index (χ1v) is 7.85. The maximum absolute atomic E-state index is 13.0. The molecule has 2 heterocycles. The van der Waals surface area contributed by atoms with Gasteiger partial charge in [-0.1, -0.05) is 17.3 Å². The van der Waals surface area contributed by atoms with Crippen molar-refractivity contribution in [3.05, 3.63) is 58.7 Å². The lowest BCUT2D eigenvalue weighted by molar-refractivity contribution is 0.0853. The lowest BCUT2D eigenvalue weighted by atomic mass is 10.0. The molecule has 25 heavy (non-hydrogen) atoms. The minimum absolute atomic E-state index is 0.300. The second-order valence-corrected chi connectivity index (χ2v) is 6.02. The number of rotatable bonds is 4. The number of pyridine rings is 1. The van der Waals surface area contributed by atoms with Gasteiger partial charge in [-0.25, -0.2) is 9.37 Å². The van der Waals surface area contributed by atoms with Gasteiger partial charge in [-0.3, -0.25) is 4.79 Å². The average Bonchev–Trinajstić information content (AvgIpc) is 2.95. The molecule has 1 amide bonds. The number of aliphatic hydroxyl groups is 1. The number of aliphatic hydroxyl groups excluding tert-OH is 1. The summed E-state index contributed by atoms with van der Waals surface area (Å²) >= 11 is 0. The van der Waals surface area contributed by atoms with Crippen LogP contribution in [0.15, 0.2) is 34.9 Å². The van der Waals surface area contributed by atoms with Gasteiger partial charge in [-0.15, -0.1) is 0 Å². The molecular weight excluding hydrogens is 325 g/mol. The minimum atomic E-state index is -0.966. The Balaban J connectivity index is 1.84. The molecule has 2 atom stereocenters. The Kier molecular flexibility index (Phi) is 4.50. The van der Waals surface area contributed by atoms with Crippen molar-refractivity contribution in [1.82, 2.24) is 15.5 Å². The van der Waals surface area contributed by atoms with Crippen molar-refractivity contribution in [3.63, 3.8) is 0 Å². The summed E-state index contributed by atoms with van der Waals surface area (Å²) in [7, 11) is 0. The van der Waals surface area contributed by atoms with Crippen molar-refractivity contribution in [1.29, 1.82) is 0 Å². The number of aryl methyl sites for hydroxylation is 2. The molecule has 0 aliphatic rings. The van der Waals surface area contributed by atoms with Crippen LogP contribution in [0.1, 0.15) is 40.3 Å². The van der Waals surface area contributed by atoms with E-state index in [1.165, 1.54) is 24.3 Å². The Morgan fingerprint density at radius 2 is 1.96 bits per heavy atom. The van der Waals surface area contributed by atoms with Gasteiger partial charge in [0.05, 0.1) is 28.8 Å². The van der Waals surface area contributed by atoms with Gasteiger partial charge >= 0.3 is 0 Å². The predicted molar refractivity (Wildman–Crippen MR) is 89.6 cm³/mol. The number of benzene rings is 1. The van der Waals surface area contributed by atoms with Crippen molar-refractivity contribution in [2.24, 2.45) is 0 Å². The lowest BCUT2D eigenvalue weighted by Gasteiger charge is -2.21. The third-order valence-electron chi connectivity index (χ3n) is 4.03. The highest BCUT2D eigenvalue weighted by Gasteiger charge is 2.22. The molecule has 0 saturated carbocycles. The summed E-state index contributed by atoms with van der Waals surface area (Å²) in [5, 5.41) is 17.5. The standard InChI is InChI=1S/C18H18FN3O3/c1-9-8-14(15-10(2)22-25-18(15)20-9)17(24)21-11(3)16(23)12-4-6-13(19)7-5-12/h4-8,11,16,23H,1-3H3,(H,21,24). The highest BCUT2D eigenvalue weighted by Crippen LogP contribution is 2.23. The van der Waals surface area contributed by atoms with Gasteiger partial charge in [0, 0.05) is 5.69 Å². The average molecular weight is 343 g/mol. The Bertz CT molecular complexity index is 921. The quantitative estimate of drug-likeness (QED) is 0.760. The molecule has 3 aromatic rings. The molecule has 3 rings (SSSR count). The monoisotopic (exact) mass is 343 g/mol. The van der Waals surface area contributed by atoms with E-state index < -0.39 is 12.1 Å². The van der Waals surface area contributed by atoms with Crippen LogP contribution in [0.5, 0.6) is 0 Å². The van der Waals surface area contributed by atoms with Crippen molar-refractivity contribution in [2.75, 3.05) is 0 Å². The number of halogens is 1. The molecule has 130 valence electrons. The summed E-state index contributed by atoms with van der Waals surface area (Å²) in [6.45, 7) is 5.17. The van der Waals surface area contributed by atoms with Gasteiger partial charge in [0.2, 0.25) is 0 Å². The second-order valence-electron chi connectivity index (χ2n) is 6.02. The van der Waals surface area contributed by atoms with Gasteiger partial charge in [0.1, 0.15) is 5.82 Å². The first-order valence-electron chi connectivity index (χ1n) is 7.85. The highest BCUT2D eigenvalue weighted by atomic mass is 19.1. The topological polar surface area (TPSA) is 88.2 Å². The number of aromatic nitrogens is 2. The van der Waals surface area contributed by atoms with Crippen molar-refractivity contribution >= 4 is 17.0 Å². The third-order valence-corrected chi connectivity index (χ3v) is 4.03. The van der Waals surface area contributed by atoms with Crippen LogP contribution in [-0.4, -0.2) is 27.2 Å². The smallest absolute Gasteiger partial charge is 0.258 e. The molecule has 0 bridgehead atoms. The fourth-order valence-electron chi connectivity index (χ4n) is 2.71. The molecule has 7 heteroatoms. The molecular formula is C18H18FN3O3. The van der Waals surface area contributed by atoms with E-state index in [-0.39, 0.29) is 11.7 Å². The molecule has 0 aliphatic carbocycles. The van der Waals surface area contributed by atoms with Crippen LogP contribution in [-0.2, 0) is 0 Å². The fraction of sp³-hybridized carbons (Fsp3) is 0.278. The van der Waals surface area contributed by atoms with Gasteiger partial charge in [0.15, 0.2) is 0 Å². The van der Waals surface area contributed by atoms with E-state index >= 15 is 0 Å². The number of fused-ring (bicyclic) bond motifs is 1. The maximum Gasteiger partial charge on any atom is 0.258 e. The molecule has 0 spiro atoms. The van der Waals surface area contributed by atoms with E-state index in [0.717, 1.165) is 0 Å². The van der Waals surface area contributed by atoms with E-state index in [0.29, 0.717) is 33.6 Å². The number of carbonyl (C=O) groups is 1. The highest BCUT2D eigenvalue weighted by molar-refractivity contribution is 6.06. The van der Waals surface area contributed by atoms with Crippen LogP contribution >= 0.6 is 0 Å². The molecule has 2 aromatic heterocycles. The number of nitrogens with one attached hydrogen (secondary N) is 1. The number of hydrogen-bond donors (Lipinski definition) is 2. The molecule has 2 N–H and O–H groups in total. The zero-order chi connectivity index (χ0) is 18.1. The van der Waals surface area contributed by atoms with Gasteiger partial charge in [-0.2, -0.15) is 0 Å². The van der Waals surface area contributed by atoms with E-state index in [9.17, 15) is 14.3 Å². The van der Waals surface area contributed by atoms with E-state index in [4.69, 9.17) is 4.52 Å². The van der Waals surface area contributed by atoms with Crippen molar-refractivity contribution in [2.45, 2.75) is 32.9 Å². The zero-order valence-electron chi connectivity index (χ0n) is 14.1.